The molecule has 104 valence electrons. The zero-order valence-electron chi connectivity index (χ0n) is 10.4. The second-order valence-electron chi connectivity index (χ2n) is 3.92. The van der Waals surface area contributed by atoms with Crippen LogP contribution in [0.5, 0.6) is 5.75 Å². The first-order valence-corrected chi connectivity index (χ1v) is 6.78. The van der Waals surface area contributed by atoms with E-state index < -0.39 is 11.7 Å². The minimum atomic E-state index is -0.444. The van der Waals surface area contributed by atoms with Gasteiger partial charge in [0.25, 0.3) is 5.91 Å². The zero-order valence-corrected chi connectivity index (χ0v) is 12.8. The van der Waals surface area contributed by atoms with Gasteiger partial charge in [0.1, 0.15) is 11.6 Å². The van der Waals surface area contributed by atoms with E-state index in [0.29, 0.717) is 16.3 Å². The molecule has 0 unspecified atom stereocenters. The van der Waals surface area contributed by atoms with Crippen LogP contribution in [0.15, 0.2) is 40.9 Å². The number of ether oxygens (including phenoxy) is 1. The molecule has 2 aromatic rings. The molecular formula is C14H10BrClFNO2. The quantitative estimate of drug-likeness (QED) is 0.877. The summed E-state index contributed by atoms with van der Waals surface area (Å²) in [6.07, 6.45) is 0. The van der Waals surface area contributed by atoms with Crippen molar-refractivity contribution in [3.63, 3.8) is 0 Å². The number of methoxy groups -OCH3 is 1. The first-order valence-electron chi connectivity index (χ1n) is 5.61. The first kappa shape index (κ1) is 14.8. The Balaban J connectivity index is 2.30. The lowest BCUT2D eigenvalue weighted by Crippen LogP contribution is -2.13. The van der Waals surface area contributed by atoms with E-state index >= 15 is 0 Å². The molecule has 1 N–H and O–H groups in total. The molecule has 20 heavy (non-hydrogen) atoms. The molecule has 0 radical (unpaired) electrons. The SMILES string of the molecule is COc1cc(F)ccc1NC(=O)c1cc(Br)ccc1Cl. The van der Waals surface area contributed by atoms with E-state index in [9.17, 15) is 9.18 Å². The second kappa shape index (κ2) is 6.24. The number of halogens is 3. The third-order valence-electron chi connectivity index (χ3n) is 2.58. The average molecular weight is 359 g/mol. The van der Waals surface area contributed by atoms with Crippen LogP contribution in [0.25, 0.3) is 0 Å². The van der Waals surface area contributed by atoms with Gasteiger partial charge in [-0.2, -0.15) is 0 Å². The summed E-state index contributed by atoms with van der Waals surface area (Å²) in [5.41, 5.74) is 0.683. The normalized spacial score (nSPS) is 10.2. The maximum absolute atomic E-state index is 13.1. The van der Waals surface area contributed by atoms with E-state index in [0.717, 1.165) is 4.47 Å². The molecule has 1 amide bonds. The number of carbonyl (C=O) groups is 1. The van der Waals surface area contributed by atoms with Crippen LogP contribution in [0.2, 0.25) is 5.02 Å². The van der Waals surface area contributed by atoms with Gasteiger partial charge in [0, 0.05) is 10.5 Å². The summed E-state index contributed by atoms with van der Waals surface area (Å²) >= 11 is 9.26. The van der Waals surface area contributed by atoms with Gasteiger partial charge >= 0.3 is 0 Å². The van der Waals surface area contributed by atoms with Crippen molar-refractivity contribution in [3.05, 3.63) is 57.3 Å². The molecule has 0 atom stereocenters. The summed E-state index contributed by atoms with van der Waals surface area (Å²) in [5, 5.41) is 2.96. The molecule has 0 bridgehead atoms. The lowest BCUT2D eigenvalue weighted by molar-refractivity contribution is 0.102. The number of amides is 1. The molecule has 0 saturated heterocycles. The van der Waals surface area contributed by atoms with E-state index in [1.165, 1.54) is 25.3 Å². The standard InChI is InChI=1S/C14H10BrClFNO2/c1-20-13-7-9(17)3-5-12(13)18-14(19)10-6-8(15)2-4-11(10)16/h2-7H,1H3,(H,18,19). The van der Waals surface area contributed by atoms with Crippen LogP contribution in [-0.2, 0) is 0 Å². The molecule has 0 fully saturated rings. The van der Waals surface area contributed by atoms with E-state index in [4.69, 9.17) is 16.3 Å². The lowest BCUT2D eigenvalue weighted by Gasteiger charge is -2.11. The van der Waals surface area contributed by atoms with Crippen molar-refractivity contribution in [2.24, 2.45) is 0 Å². The highest BCUT2D eigenvalue weighted by Gasteiger charge is 2.13. The summed E-state index contributed by atoms with van der Waals surface area (Å²) in [6, 6.07) is 8.81. The van der Waals surface area contributed by atoms with Crippen molar-refractivity contribution >= 4 is 39.1 Å². The average Bonchev–Trinajstić information content (AvgIpc) is 2.43. The minimum absolute atomic E-state index is 0.240. The van der Waals surface area contributed by atoms with Gasteiger partial charge in [0.2, 0.25) is 0 Å². The fraction of sp³-hybridized carbons (Fsp3) is 0.0714. The van der Waals surface area contributed by atoms with Crippen LogP contribution in [0.4, 0.5) is 10.1 Å². The Morgan fingerprint density at radius 1 is 1.30 bits per heavy atom. The van der Waals surface area contributed by atoms with Crippen molar-refractivity contribution in [1.29, 1.82) is 0 Å². The molecular weight excluding hydrogens is 349 g/mol. The van der Waals surface area contributed by atoms with Crippen molar-refractivity contribution in [2.45, 2.75) is 0 Å². The predicted octanol–water partition coefficient (Wildman–Crippen LogP) is 4.50. The van der Waals surface area contributed by atoms with Crippen molar-refractivity contribution < 1.29 is 13.9 Å². The number of nitrogens with one attached hydrogen (secondary N) is 1. The molecule has 0 spiro atoms. The van der Waals surface area contributed by atoms with Crippen LogP contribution in [0.1, 0.15) is 10.4 Å². The van der Waals surface area contributed by atoms with Gasteiger partial charge in [-0.3, -0.25) is 4.79 Å². The Kier molecular flexibility index (Phi) is 4.62. The Bertz CT molecular complexity index is 664. The van der Waals surface area contributed by atoms with E-state index in [1.54, 1.807) is 18.2 Å². The molecule has 2 aromatic carbocycles. The van der Waals surface area contributed by atoms with Crippen molar-refractivity contribution in [2.75, 3.05) is 12.4 Å². The maximum Gasteiger partial charge on any atom is 0.257 e. The largest absolute Gasteiger partial charge is 0.494 e. The van der Waals surface area contributed by atoms with Crippen LogP contribution in [-0.4, -0.2) is 13.0 Å². The molecule has 0 aliphatic carbocycles. The summed E-state index contributed by atoms with van der Waals surface area (Å²) in [4.78, 5) is 12.2. The third-order valence-corrected chi connectivity index (χ3v) is 3.41. The van der Waals surface area contributed by atoms with Crippen LogP contribution < -0.4 is 10.1 Å². The molecule has 0 saturated carbocycles. The Hall–Kier alpha value is -1.59. The monoisotopic (exact) mass is 357 g/mol. The van der Waals surface area contributed by atoms with Crippen LogP contribution in [0.3, 0.4) is 0 Å². The Labute approximate surface area is 128 Å². The van der Waals surface area contributed by atoms with Crippen molar-refractivity contribution in [1.82, 2.24) is 0 Å². The van der Waals surface area contributed by atoms with E-state index in [1.807, 2.05) is 0 Å². The number of carbonyl (C=O) groups excluding carboxylic acids is 1. The highest BCUT2D eigenvalue weighted by Crippen LogP contribution is 2.27. The molecule has 0 aromatic heterocycles. The number of rotatable bonds is 3. The summed E-state index contributed by atoms with van der Waals surface area (Å²) in [7, 11) is 1.40. The maximum atomic E-state index is 13.1. The topological polar surface area (TPSA) is 38.3 Å². The van der Waals surface area contributed by atoms with Crippen LogP contribution in [0, 0.1) is 5.82 Å². The van der Waals surface area contributed by atoms with Gasteiger partial charge in [0.15, 0.2) is 0 Å². The van der Waals surface area contributed by atoms with Gasteiger partial charge in [-0.05, 0) is 30.3 Å². The third kappa shape index (κ3) is 3.29. The van der Waals surface area contributed by atoms with Crippen LogP contribution >= 0.6 is 27.5 Å². The second-order valence-corrected chi connectivity index (χ2v) is 5.25. The molecule has 0 aliphatic heterocycles. The minimum Gasteiger partial charge on any atom is -0.494 e. The number of anilines is 1. The van der Waals surface area contributed by atoms with Crippen molar-refractivity contribution in [3.8, 4) is 5.75 Å². The smallest absolute Gasteiger partial charge is 0.257 e. The van der Waals surface area contributed by atoms with E-state index in [-0.39, 0.29) is 5.75 Å². The molecule has 6 heteroatoms. The van der Waals surface area contributed by atoms with Gasteiger partial charge in [-0.15, -0.1) is 0 Å². The number of hydrogen-bond acceptors (Lipinski definition) is 2. The predicted molar refractivity (Wildman–Crippen MR) is 80.1 cm³/mol. The molecule has 3 nitrogen and oxygen atoms in total. The van der Waals surface area contributed by atoms with Gasteiger partial charge < -0.3 is 10.1 Å². The molecule has 0 heterocycles. The zero-order chi connectivity index (χ0) is 14.7. The highest BCUT2D eigenvalue weighted by molar-refractivity contribution is 9.10. The van der Waals surface area contributed by atoms with E-state index in [2.05, 4.69) is 21.2 Å². The highest BCUT2D eigenvalue weighted by atomic mass is 79.9. The number of benzene rings is 2. The molecule has 2 rings (SSSR count). The fourth-order valence-electron chi connectivity index (χ4n) is 1.63. The Morgan fingerprint density at radius 3 is 2.75 bits per heavy atom. The fourth-order valence-corrected chi connectivity index (χ4v) is 2.19. The summed E-state index contributed by atoms with van der Waals surface area (Å²) in [6.45, 7) is 0. The van der Waals surface area contributed by atoms with Gasteiger partial charge in [-0.25, -0.2) is 4.39 Å². The number of hydrogen-bond donors (Lipinski definition) is 1. The first-order chi connectivity index (χ1) is 9.51. The van der Waals surface area contributed by atoms with Gasteiger partial charge in [0.05, 0.1) is 23.4 Å². The summed E-state index contributed by atoms with van der Waals surface area (Å²) < 4.78 is 18.8. The lowest BCUT2D eigenvalue weighted by atomic mass is 10.2. The van der Waals surface area contributed by atoms with Gasteiger partial charge in [-0.1, -0.05) is 27.5 Å². The molecule has 0 aliphatic rings. The summed E-state index contributed by atoms with van der Waals surface area (Å²) in [5.74, 6) is -0.606. The Morgan fingerprint density at radius 2 is 2.05 bits per heavy atom.